The Hall–Kier alpha value is -1.68. The third kappa shape index (κ3) is 9.14. The summed E-state index contributed by atoms with van der Waals surface area (Å²) in [6.07, 6.45) is 17.3. The minimum absolute atomic E-state index is 0.0422. The molecule has 0 spiro atoms. The first-order valence-electron chi connectivity index (χ1n) is 9.92. The maximum absolute atomic E-state index is 12.1. The van der Waals surface area contributed by atoms with E-state index in [9.17, 15) is 14.7 Å². The van der Waals surface area contributed by atoms with Crippen LogP contribution in [0.5, 0.6) is 0 Å². The van der Waals surface area contributed by atoms with E-state index >= 15 is 0 Å². The van der Waals surface area contributed by atoms with Gasteiger partial charge in [0, 0.05) is 17.9 Å². The lowest BCUT2D eigenvalue weighted by Gasteiger charge is -2.16. The van der Waals surface area contributed by atoms with Crippen LogP contribution in [0.1, 0.15) is 65.2 Å². The minimum atomic E-state index is -0.923. The Balaban J connectivity index is 2.38. The summed E-state index contributed by atoms with van der Waals surface area (Å²) in [7, 11) is 0. The third-order valence-electron chi connectivity index (χ3n) is 4.96. The summed E-state index contributed by atoms with van der Waals surface area (Å²) < 4.78 is 0. The van der Waals surface area contributed by atoms with Crippen molar-refractivity contribution in [3.8, 4) is 0 Å². The molecule has 0 amide bonds. The van der Waals surface area contributed by atoms with Gasteiger partial charge in [-0.1, -0.05) is 63.8 Å². The molecule has 0 radical (unpaired) electrons. The van der Waals surface area contributed by atoms with Gasteiger partial charge in [0.05, 0.1) is 6.10 Å². The van der Waals surface area contributed by atoms with Crippen molar-refractivity contribution in [2.45, 2.75) is 71.3 Å². The predicted molar refractivity (Wildman–Crippen MR) is 105 cm³/mol. The van der Waals surface area contributed by atoms with Gasteiger partial charge in [-0.2, -0.15) is 0 Å². The maximum atomic E-state index is 12.1. The molecule has 0 unspecified atom stereocenters. The Bertz CT molecular complexity index is 518. The van der Waals surface area contributed by atoms with E-state index in [1.165, 1.54) is 12.8 Å². The highest BCUT2D eigenvalue weighted by molar-refractivity contribution is 5.94. The lowest BCUT2D eigenvalue weighted by Crippen LogP contribution is -2.15. The summed E-state index contributed by atoms with van der Waals surface area (Å²) in [6.45, 7) is 4.35. The third-order valence-corrected chi connectivity index (χ3v) is 4.96. The second-order valence-electron chi connectivity index (χ2n) is 7.41. The molecule has 0 saturated carbocycles. The van der Waals surface area contributed by atoms with Crippen LogP contribution in [0.3, 0.4) is 0 Å². The van der Waals surface area contributed by atoms with Crippen LogP contribution in [0.15, 0.2) is 36.5 Å². The number of unbranched alkanes of at least 4 members (excludes halogenated alkanes) is 3. The molecule has 1 aliphatic carbocycles. The van der Waals surface area contributed by atoms with E-state index in [0.717, 1.165) is 44.6 Å². The number of hydrogen-bond donors (Lipinski definition) is 2. The van der Waals surface area contributed by atoms with E-state index in [1.807, 2.05) is 18.2 Å². The summed E-state index contributed by atoms with van der Waals surface area (Å²) in [4.78, 5) is 22.5. The second-order valence-corrected chi connectivity index (χ2v) is 7.41. The van der Waals surface area contributed by atoms with Crippen molar-refractivity contribution in [2.24, 2.45) is 17.8 Å². The van der Waals surface area contributed by atoms with Crippen LogP contribution in [0.2, 0.25) is 0 Å². The van der Waals surface area contributed by atoms with Gasteiger partial charge in [0.25, 0.3) is 0 Å². The molecule has 2 N–H and O–H groups in total. The first-order chi connectivity index (χ1) is 12.4. The van der Waals surface area contributed by atoms with Gasteiger partial charge in [-0.15, -0.1) is 0 Å². The molecule has 4 nitrogen and oxygen atoms in total. The number of aliphatic hydroxyl groups is 1. The number of hydrogen-bond acceptors (Lipinski definition) is 3. The number of carboxylic acids is 1. The molecular formula is C22H34O4. The summed E-state index contributed by atoms with van der Waals surface area (Å²) >= 11 is 0. The van der Waals surface area contributed by atoms with Gasteiger partial charge in [-0.3, -0.25) is 4.79 Å². The number of aliphatic hydroxyl groups excluding tert-OH is 1. The highest BCUT2D eigenvalue weighted by Gasteiger charge is 2.27. The Morgan fingerprint density at radius 2 is 2.08 bits per heavy atom. The van der Waals surface area contributed by atoms with E-state index in [2.05, 4.69) is 13.8 Å². The predicted octanol–water partition coefficient (Wildman–Crippen LogP) is 4.69. The molecule has 4 atom stereocenters. The van der Waals surface area contributed by atoms with Crippen molar-refractivity contribution in [1.29, 1.82) is 0 Å². The fourth-order valence-electron chi connectivity index (χ4n) is 3.41. The van der Waals surface area contributed by atoms with Crippen molar-refractivity contribution in [3.63, 3.8) is 0 Å². The fourth-order valence-corrected chi connectivity index (χ4v) is 3.41. The molecule has 4 heteroatoms. The summed E-state index contributed by atoms with van der Waals surface area (Å²) in [5.74, 6) is -0.235. The average molecular weight is 363 g/mol. The van der Waals surface area contributed by atoms with Crippen LogP contribution < -0.4 is 0 Å². The monoisotopic (exact) mass is 362 g/mol. The van der Waals surface area contributed by atoms with Gasteiger partial charge in [-0.05, 0) is 37.7 Å². The number of carbonyl (C=O) groups excluding carboxylic acids is 1. The molecule has 0 aromatic rings. The number of ketones is 1. The molecule has 0 heterocycles. The SMILES string of the molecule is CCCC[C@H](C)C[C@H](O)C=C[C@H]1C=CC(=O)[C@@H]1CCCCC=CC(=O)O. The number of allylic oxidation sites excluding steroid dienone is 4. The molecule has 0 aromatic carbocycles. The Kier molecular flexibility index (Phi) is 10.9. The molecule has 0 aromatic heterocycles. The van der Waals surface area contributed by atoms with Gasteiger partial charge < -0.3 is 10.2 Å². The normalized spacial score (nSPS) is 22.5. The Morgan fingerprint density at radius 3 is 2.77 bits per heavy atom. The fraction of sp³-hybridized carbons (Fsp3) is 0.636. The lowest BCUT2D eigenvalue weighted by molar-refractivity contribution is -0.131. The molecule has 0 aliphatic heterocycles. The molecule has 1 rings (SSSR count). The summed E-state index contributed by atoms with van der Waals surface area (Å²) in [6, 6.07) is 0. The van der Waals surface area contributed by atoms with Crippen LogP contribution >= 0.6 is 0 Å². The summed E-state index contributed by atoms with van der Waals surface area (Å²) in [5.41, 5.74) is 0. The number of carboxylic acid groups (broad SMARTS) is 1. The molecule has 0 bridgehead atoms. The van der Waals surface area contributed by atoms with Crippen LogP contribution in [0.25, 0.3) is 0 Å². The van der Waals surface area contributed by atoms with Crippen LogP contribution in [-0.2, 0) is 9.59 Å². The van der Waals surface area contributed by atoms with Crippen molar-refractivity contribution < 1.29 is 19.8 Å². The molecular weight excluding hydrogens is 328 g/mol. The van der Waals surface area contributed by atoms with Crippen molar-refractivity contribution >= 4 is 11.8 Å². The van der Waals surface area contributed by atoms with Gasteiger partial charge in [-0.25, -0.2) is 4.79 Å². The van der Waals surface area contributed by atoms with E-state index in [4.69, 9.17) is 5.11 Å². The minimum Gasteiger partial charge on any atom is -0.478 e. The quantitative estimate of drug-likeness (QED) is 0.283. The Labute approximate surface area is 157 Å². The first kappa shape index (κ1) is 22.4. The van der Waals surface area contributed by atoms with E-state index in [0.29, 0.717) is 5.92 Å². The van der Waals surface area contributed by atoms with Crippen LogP contribution in [-0.4, -0.2) is 28.1 Å². The van der Waals surface area contributed by atoms with Crippen molar-refractivity contribution in [3.05, 3.63) is 36.5 Å². The van der Waals surface area contributed by atoms with Gasteiger partial charge in [0.1, 0.15) is 0 Å². The summed E-state index contributed by atoms with van der Waals surface area (Å²) in [5, 5.41) is 18.7. The topological polar surface area (TPSA) is 74.6 Å². The molecule has 0 fully saturated rings. The van der Waals surface area contributed by atoms with Crippen molar-refractivity contribution in [2.75, 3.05) is 0 Å². The van der Waals surface area contributed by atoms with Gasteiger partial charge in [0.15, 0.2) is 5.78 Å². The van der Waals surface area contributed by atoms with Crippen LogP contribution in [0.4, 0.5) is 0 Å². The van der Waals surface area contributed by atoms with Crippen LogP contribution in [0, 0.1) is 17.8 Å². The van der Waals surface area contributed by atoms with E-state index < -0.39 is 12.1 Å². The largest absolute Gasteiger partial charge is 0.478 e. The number of aliphatic carboxylic acids is 1. The zero-order valence-electron chi connectivity index (χ0n) is 16.1. The number of rotatable bonds is 13. The lowest BCUT2D eigenvalue weighted by atomic mass is 9.88. The highest BCUT2D eigenvalue weighted by atomic mass is 16.4. The Morgan fingerprint density at radius 1 is 1.31 bits per heavy atom. The van der Waals surface area contributed by atoms with Crippen molar-refractivity contribution in [1.82, 2.24) is 0 Å². The standard InChI is InChI=1S/C22H34O4/c1-3-4-9-17(2)16-19(23)14-12-18-13-15-21(24)20(18)10-7-5-6-8-11-22(25)26/h8,11-15,17-20,23H,3-7,9-10,16H2,1-2H3,(H,25,26)/t17-,18-,19+,20+/m0/s1. The van der Waals surface area contributed by atoms with E-state index in [-0.39, 0.29) is 17.6 Å². The highest BCUT2D eigenvalue weighted by Crippen LogP contribution is 2.29. The zero-order valence-corrected chi connectivity index (χ0v) is 16.1. The van der Waals surface area contributed by atoms with E-state index in [1.54, 1.807) is 12.2 Å². The molecule has 0 saturated heterocycles. The number of carbonyl (C=O) groups is 2. The molecule has 1 aliphatic rings. The average Bonchev–Trinajstić information content (AvgIpc) is 2.94. The molecule has 146 valence electrons. The smallest absolute Gasteiger partial charge is 0.327 e. The first-order valence-corrected chi connectivity index (χ1v) is 9.92. The zero-order chi connectivity index (χ0) is 19.4. The molecule has 26 heavy (non-hydrogen) atoms. The second kappa shape index (κ2) is 12.6. The van der Waals surface area contributed by atoms with Gasteiger partial charge >= 0.3 is 5.97 Å². The maximum Gasteiger partial charge on any atom is 0.327 e. The van der Waals surface area contributed by atoms with Gasteiger partial charge in [0.2, 0.25) is 0 Å².